The summed E-state index contributed by atoms with van der Waals surface area (Å²) in [5.74, 6) is -0.436. The van der Waals surface area contributed by atoms with Gasteiger partial charge >= 0.3 is 0 Å². The van der Waals surface area contributed by atoms with Crippen molar-refractivity contribution in [2.45, 2.75) is 27.2 Å². The molecule has 0 atom stereocenters. The molecule has 150 valence electrons. The van der Waals surface area contributed by atoms with Gasteiger partial charge in [-0.05, 0) is 50.1 Å². The topological polar surface area (TPSA) is 61.4 Å². The first-order valence-corrected chi connectivity index (χ1v) is 9.89. The summed E-state index contributed by atoms with van der Waals surface area (Å²) in [4.78, 5) is 26.7. The van der Waals surface area contributed by atoms with Crippen molar-refractivity contribution in [3.63, 3.8) is 0 Å². The van der Waals surface area contributed by atoms with E-state index in [0.29, 0.717) is 22.3 Å². The molecule has 0 radical (unpaired) electrons. The quantitative estimate of drug-likeness (QED) is 0.636. The molecule has 2 rings (SSSR count). The Morgan fingerprint density at radius 1 is 0.929 bits per heavy atom. The van der Waals surface area contributed by atoms with Crippen LogP contribution in [0.15, 0.2) is 36.4 Å². The zero-order chi connectivity index (χ0) is 20.7. The third kappa shape index (κ3) is 6.23. The van der Waals surface area contributed by atoms with Gasteiger partial charge in [0.1, 0.15) is 0 Å². The molecule has 0 bridgehead atoms. The van der Waals surface area contributed by atoms with Crippen LogP contribution < -0.4 is 10.6 Å². The molecular formula is C21H25Cl2N3O2. The SMILES string of the molecule is CCCN(CC(=O)Nc1ccccc1C)CC(=O)Nc1c(Cl)ccc(C)c1Cl. The van der Waals surface area contributed by atoms with E-state index in [1.54, 1.807) is 17.0 Å². The van der Waals surface area contributed by atoms with Crippen molar-refractivity contribution >= 4 is 46.4 Å². The Kier molecular flexibility index (Phi) is 8.30. The van der Waals surface area contributed by atoms with Crippen LogP contribution in [0.1, 0.15) is 24.5 Å². The van der Waals surface area contributed by atoms with Gasteiger partial charge in [-0.1, -0.05) is 54.4 Å². The number of carbonyl (C=O) groups excluding carboxylic acids is 2. The third-order valence-corrected chi connectivity index (χ3v) is 5.04. The Balaban J connectivity index is 2.00. The summed E-state index contributed by atoms with van der Waals surface area (Å²) in [5, 5.41) is 6.45. The summed E-state index contributed by atoms with van der Waals surface area (Å²) in [7, 11) is 0. The molecule has 2 aromatic carbocycles. The van der Waals surface area contributed by atoms with E-state index in [2.05, 4.69) is 10.6 Å². The van der Waals surface area contributed by atoms with E-state index >= 15 is 0 Å². The third-order valence-electron chi connectivity index (χ3n) is 4.24. The molecular weight excluding hydrogens is 397 g/mol. The zero-order valence-corrected chi connectivity index (χ0v) is 17.8. The fourth-order valence-corrected chi connectivity index (χ4v) is 3.25. The maximum absolute atomic E-state index is 12.5. The molecule has 0 spiro atoms. The number of hydrogen-bond donors (Lipinski definition) is 2. The Bertz CT molecular complexity index is 856. The fraction of sp³-hybridized carbons (Fsp3) is 0.333. The lowest BCUT2D eigenvalue weighted by atomic mass is 10.2. The molecule has 2 N–H and O–H groups in total. The number of hydrogen-bond acceptors (Lipinski definition) is 3. The second kappa shape index (κ2) is 10.5. The molecule has 0 aliphatic carbocycles. The van der Waals surface area contributed by atoms with Crippen molar-refractivity contribution in [2.24, 2.45) is 0 Å². The highest BCUT2D eigenvalue weighted by Crippen LogP contribution is 2.32. The van der Waals surface area contributed by atoms with Gasteiger partial charge in [0.05, 0.1) is 28.8 Å². The average Bonchev–Trinajstić information content (AvgIpc) is 2.64. The molecule has 7 heteroatoms. The molecule has 0 heterocycles. The first kappa shape index (κ1) is 22.2. The summed E-state index contributed by atoms with van der Waals surface area (Å²) in [6, 6.07) is 11.1. The summed E-state index contributed by atoms with van der Waals surface area (Å²) in [5.41, 5.74) is 2.98. The predicted molar refractivity (Wildman–Crippen MR) is 116 cm³/mol. The van der Waals surface area contributed by atoms with Gasteiger partial charge in [-0.25, -0.2) is 0 Å². The highest BCUT2D eigenvalue weighted by atomic mass is 35.5. The van der Waals surface area contributed by atoms with Crippen LogP contribution in [0.2, 0.25) is 10.0 Å². The molecule has 0 fully saturated rings. The van der Waals surface area contributed by atoms with Crippen molar-refractivity contribution in [3.05, 3.63) is 57.6 Å². The molecule has 0 aliphatic rings. The minimum Gasteiger partial charge on any atom is -0.325 e. The highest BCUT2D eigenvalue weighted by Gasteiger charge is 2.17. The van der Waals surface area contributed by atoms with E-state index in [4.69, 9.17) is 23.2 Å². The van der Waals surface area contributed by atoms with Crippen LogP contribution in [0.3, 0.4) is 0 Å². The number of benzene rings is 2. The van der Waals surface area contributed by atoms with Crippen molar-refractivity contribution in [2.75, 3.05) is 30.3 Å². The highest BCUT2D eigenvalue weighted by molar-refractivity contribution is 6.40. The van der Waals surface area contributed by atoms with E-state index in [0.717, 1.165) is 23.2 Å². The van der Waals surface area contributed by atoms with Gasteiger partial charge in [0.25, 0.3) is 0 Å². The lowest BCUT2D eigenvalue weighted by molar-refractivity contribution is -0.120. The van der Waals surface area contributed by atoms with Crippen LogP contribution in [-0.4, -0.2) is 36.3 Å². The molecule has 0 saturated heterocycles. The lowest BCUT2D eigenvalue weighted by Crippen LogP contribution is -2.39. The van der Waals surface area contributed by atoms with E-state index in [1.807, 2.05) is 45.0 Å². The summed E-state index contributed by atoms with van der Waals surface area (Å²) in [6.07, 6.45) is 0.816. The summed E-state index contributed by atoms with van der Waals surface area (Å²) < 4.78 is 0. The molecule has 0 aromatic heterocycles. The normalized spacial score (nSPS) is 10.8. The van der Waals surface area contributed by atoms with Gasteiger partial charge in [-0.15, -0.1) is 0 Å². The Labute approximate surface area is 176 Å². The smallest absolute Gasteiger partial charge is 0.238 e. The van der Waals surface area contributed by atoms with Gasteiger partial charge in [0.2, 0.25) is 11.8 Å². The number of anilines is 2. The van der Waals surface area contributed by atoms with Crippen LogP contribution in [-0.2, 0) is 9.59 Å². The zero-order valence-electron chi connectivity index (χ0n) is 16.3. The Hall–Kier alpha value is -2.08. The maximum atomic E-state index is 12.5. The molecule has 28 heavy (non-hydrogen) atoms. The van der Waals surface area contributed by atoms with Crippen LogP contribution in [0.4, 0.5) is 11.4 Å². The number of halogens is 2. The second-order valence-electron chi connectivity index (χ2n) is 6.68. The number of carbonyl (C=O) groups is 2. The van der Waals surface area contributed by atoms with Crippen molar-refractivity contribution in [1.29, 1.82) is 0 Å². The van der Waals surface area contributed by atoms with Gasteiger partial charge in [0.15, 0.2) is 0 Å². The largest absolute Gasteiger partial charge is 0.325 e. The first-order chi connectivity index (χ1) is 13.3. The second-order valence-corrected chi connectivity index (χ2v) is 7.46. The predicted octanol–water partition coefficient (Wildman–Crippen LogP) is 4.90. The van der Waals surface area contributed by atoms with Crippen LogP contribution in [0, 0.1) is 13.8 Å². The molecule has 2 aromatic rings. The minimum absolute atomic E-state index is 0.0651. The fourth-order valence-electron chi connectivity index (χ4n) is 2.79. The molecule has 0 unspecified atom stereocenters. The average molecular weight is 422 g/mol. The van der Waals surface area contributed by atoms with Crippen LogP contribution >= 0.6 is 23.2 Å². The number of nitrogens with zero attached hydrogens (tertiary/aromatic N) is 1. The minimum atomic E-state index is -0.272. The Morgan fingerprint density at radius 3 is 2.21 bits per heavy atom. The van der Waals surface area contributed by atoms with Gasteiger partial charge in [-0.3, -0.25) is 14.5 Å². The first-order valence-electron chi connectivity index (χ1n) is 9.14. The van der Waals surface area contributed by atoms with E-state index in [-0.39, 0.29) is 24.9 Å². The number of aryl methyl sites for hydroxylation is 2. The summed E-state index contributed by atoms with van der Waals surface area (Å²) in [6.45, 7) is 6.57. The van der Waals surface area contributed by atoms with E-state index in [1.165, 1.54) is 0 Å². The Morgan fingerprint density at radius 2 is 1.57 bits per heavy atom. The maximum Gasteiger partial charge on any atom is 0.238 e. The van der Waals surface area contributed by atoms with Crippen LogP contribution in [0.25, 0.3) is 0 Å². The lowest BCUT2D eigenvalue weighted by Gasteiger charge is -2.21. The standard InChI is InChI=1S/C21H25Cl2N3O2/c1-4-11-26(12-18(27)24-17-8-6-5-7-14(17)2)13-19(28)25-21-16(22)10-9-15(3)20(21)23/h5-10H,4,11-13H2,1-3H3,(H,24,27)(H,25,28). The van der Waals surface area contributed by atoms with Crippen molar-refractivity contribution < 1.29 is 9.59 Å². The monoisotopic (exact) mass is 421 g/mol. The van der Waals surface area contributed by atoms with E-state index in [9.17, 15) is 9.59 Å². The van der Waals surface area contributed by atoms with Gasteiger partial charge in [0, 0.05) is 5.69 Å². The van der Waals surface area contributed by atoms with Gasteiger partial charge < -0.3 is 10.6 Å². The van der Waals surface area contributed by atoms with Crippen molar-refractivity contribution in [1.82, 2.24) is 4.90 Å². The van der Waals surface area contributed by atoms with Crippen molar-refractivity contribution in [3.8, 4) is 0 Å². The molecule has 0 saturated carbocycles. The number of rotatable bonds is 8. The molecule has 2 amide bonds. The van der Waals surface area contributed by atoms with Crippen LogP contribution in [0.5, 0.6) is 0 Å². The number of para-hydroxylation sites is 1. The van der Waals surface area contributed by atoms with Gasteiger partial charge in [-0.2, -0.15) is 0 Å². The van der Waals surface area contributed by atoms with E-state index < -0.39 is 0 Å². The summed E-state index contributed by atoms with van der Waals surface area (Å²) >= 11 is 12.4. The number of amides is 2. The number of nitrogens with one attached hydrogen (secondary N) is 2. The molecule has 5 nitrogen and oxygen atoms in total. The molecule has 0 aliphatic heterocycles.